The topological polar surface area (TPSA) is 31.9 Å². The average Bonchev–Trinajstić information content (AvgIpc) is 2.69. The van der Waals surface area contributed by atoms with Crippen LogP contribution < -0.4 is 0 Å². The van der Waals surface area contributed by atoms with E-state index in [4.69, 9.17) is 0 Å². The first-order chi connectivity index (χ1) is 8.08. The molecule has 0 radical (unpaired) electrons. The molecule has 90 valence electrons. The van der Waals surface area contributed by atoms with Crippen LogP contribution in [0.25, 0.3) is 11.3 Å². The van der Waals surface area contributed by atoms with Crippen LogP contribution in [0.2, 0.25) is 0 Å². The maximum Gasteiger partial charge on any atom is 0.0698 e. The van der Waals surface area contributed by atoms with E-state index in [1.165, 1.54) is 22.3 Å². The van der Waals surface area contributed by atoms with Crippen LogP contribution >= 0.6 is 0 Å². The van der Waals surface area contributed by atoms with Gasteiger partial charge in [-0.15, -0.1) is 0 Å². The summed E-state index contributed by atoms with van der Waals surface area (Å²) < 4.78 is 0. The summed E-state index contributed by atoms with van der Waals surface area (Å²) in [6.07, 6.45) is 1.91. The predicted octanol–water partition coefficient (Wildman–Crippen LogP) is 2.76. The lowest BCUT2D eigenvalue weighted by molar-refractivity contribution is 0.403. The Kier molecular flexibility index (Phi) is 3.29. The Morgan fingerprint density at radius 1 is 1.24 bits per heavy atom. The zero-order chi connectivity index (χ0) is 12.4. The van der Waals surface area contributed by atoms with Crippen molar-refractivity contribution in [3.63, 3.8) is 0 Å². The summed E-state index contributed by atoms with van der Waals surface area (Å²) in [4.78, 5) is 2.15. The second-order valence-corrected chi connectivity index (χ2v) is 4.83. The van der Waals surface area contributed by atoms with Crippen LogP contribution in [0.4, 0.5) is 0 Å². The van der Waals surface area contributed by atoms with Crippen LogP contribution in [0, 0.1) is 13.8 Å². The summed E-state index contributed by atoms with van der Waals surface area (Å²) in [5.41, 5.74) is 6.18. The molecule has 0 fully saturated rings. The number of rotatable bonds is 3. The molecule has 0 saturated carbocycles. The SMILES string of the molecule is Cc1ccc(C)c(-c2[nH]ncc2CN(C)C)c1. The Labute approximate surface area is 102 Å². The molecule has 0 bridgehead atoms. The molecule has 1 heterocycles. The molecule has 0 atom stereocenters. The first kappa shape index (κ1) is 11.9. The monoisotopic (exact) mass is 229 g/mol. The minimum Gasteiger partial charge on any atom is -0.305 e. The van der Waals surface area contributed by atoms with Crippen molar-refractivity contribution in [2.45, 2.75) is 20.4 Å². The van der Waals surface area contributed by atoms with E-state index < -0.39 is 0 Å². The second kappa shape index (κ2) is 4.72. The highest BCUT2D eigenvalue weighted by Crippen LogP contribution is 2.26. The highest BCUT2D eigenvalue weighted by atomic mass is 15.1. The summed E-state index contributed by atoms with van der Waals surface area (Å²) in [5.74, 6) is 0. The molecule has 0 spiro atoms. The van der Waals surface area contributed by atoms with Gasteiger partial charge in [0.15, 0.2) is 0 Å². The van der Waals surface area contributed by atoms with Crippen molar-refractivity contribution >= 4 is 0 Å². The smallest absolute Gasteiger partial charge is 0.0698 e. The number of nitrogens with zero attached hydrogens (tertiary/aromatic N) is 2. The first-order valence-electron chi connectivity index (χ1n) is 5.82. The molecule has 1 N–H and O–H groups in total. The van der Waals surface area contributed by atoms with Crippen molar-refractivity contribution in [2.24, 2.45) is 0 Å². The van der Waals surface area contributed by atoms with E-state index in [1.807, 2.05) is 6.20 Å². The van der Waals surface area contributed by atoms with Crippen molar-refractivity contribution < 1.29 is 0 Å². The Morgan fingerprint density at radius 3 is 2.71 bits per heavy atom. The summed E-state index contributed by atoms with van der Waals surface area (Å²) >= 11 is 0. The molecular formula is C14H19N3. The van der Waals surface area contributed by atoms with E-state index in [0.717, 1.165) is 12.2 Å². The quantitative estimate of drug-likeness (QED) is 0.877. The molecule has 1 aromatic heterocycles. The number of benzene rings is 1. The van der Waals surface area contributed by atoms with Crippen LogP contribution in [-0.2, 0) is 6.54 Å². The number of aromatic nitrogens is 2. The summed E-state index contributed by atoms with van der Waals surface area (Å²) in [6.45, 7) is 5.15. The number of nitrogens with one attached hydrogen (secondary N) is 1. The Bertz CT molecular complexity index is 512. The molecule has 3 heteroatoms. The predicted molar refractivity (Wildman–Crippen MR) is 70.9 cm³/mol. The number of aryl methyl sites for hydroxylation is 2. The van der Waals surface area contributed by atoms with Crippen molar-refractivity contribution in [1.82, 2.24) is 15.1 Å². The van der Waals surface area contributed by atoms with E-state index in [9.17, 15) is 0 Å². The van der Waals surface area contributed by atoms with E-state index in [-0.39, 0.29) is 0 Å². The van der Waals surface area contributed by atoms with Crippen LogP contribution in [0.5, 0.6) is 0 Å². The Balaban J connectivity index is 2.45. The van der Waals surface area contributed by atoms with Crippen LogP contribution in [0.15, 0.2) is 24.4 Å². The van der Waals surface area contributed by atoms with Gasteiger partial charge < -0.3 is 4.90 Å². The van der Waals surface area contributed by atoms with Crippen molar-refractivity contribution in [3.05, 3.63) is 41.1 Å². The maximum atomic E-state index is 4.17. The molecule has 17 heavy (non-hydrogen) atoms. The summed E-state index contributed by atoms with van der Waals surface area (Å²) in [5, 5.41) is 7.29. The summed E-state index contributed by atoms with van der Waals surface area (Å²) in [6, 6.07) is 6.51. The highest BCUT2D eigenvalue weighted by molar-refractivity contribution is 5.67. The van der Waals surface area contributed by atoms with Gasteiger partial charge in [0, 0.05) is 17.7 Å². The highest BCUT2D eigenvalue weighted by Gasteiger charge is 2.10. The van der Waals surface area contributed by atoms with Gasteiger partial charge in [-0.25, -0.2) is 0 Å². The van der Waals surface area contributed by atoms with Crippen LogP contribution in [0.3, 0.4) is 0 Å². The molecule has 0 aliphatic rings. The largest absolute Gasteiger partial charge is 0.305 e. The third-order valence-electron chi connectivity index (χ3n) is 2.87. The van der Waals surface area contributed by atoms with Crippen molar-refractivity contribution in [1.29, 1.82) is 0 Å². The average molecular weight is 229 g/mol. The van der Waals surface area contributed by atoms with E-state index in [1.54, 1.807) is 0 Å². The molecule has 0 unspecified atom stereocenters. The second-order valence-electron chi connectivity index (χ2n) is 4.83. The van der Waals surface area contributed by atoms with Gasteiger partial charge in [-0.1, -0.05) is 17.7 Å². The molecule has 2 aromatic rings. The Hall–Kier alpha value is -1.61. The van der Waals surface area contributed by atoms with Gasteiger partial charge >= 0.3 is 0 Å². The van der Waals surface area contributed by atoms with E-state index in [2.05, 4.69) is 61.2 Å². The lowest BCUT2D eigenvalue weighted by Crippen LogP contribution is -2.10. The number of hydrogen-bond acceptors (Lipinski definition) is 2. The lowest BCUT2D eigenvalue weighted by Gasteiger charge is -2.11. The number of aromatic amines is 1. The molecule has 0 saturated heterocycles. The zero-order valence-electron chi connectivity index (χ0n) is 10.9. The third-order valence-corrected chi connectivity index (χ3v) is 2.87. The minimum atomic E-state index is 0.902. The normalized spacial score (nSPS) is 11.1. The molecule has 0 aliphatic heterocycles. The fraction of sp³-hybridized carbons (Fsp3) is 0.357. The van der Waals surface area contributed by atoms with Crippen LogP contribution in [-0.4, -0.2) is 29.2 Å². The van der Waals surface area contributed by atoms with Gasteiger partial charge in [0.2, 0.25) is 0 Å². The third kappa shape index (κ3) is 2.56. The maximum absolute atomic E-state index is 4.17. The summed E-state index contributed by atoms with van der Waals surface area (Å²) in [7, 11) is 4.14. The van der Waals surface area contributed by atoms with Gasteiger partial charge in [0.1, 0.15) is 0 Å². The molecular weight excluding hydrogens is 210 g/mol. The van der Waals surface area contributed by atoms with E-state index in [0.29, 0.717) is 0 Å². The first-order valence-corrected chi connectivity index (χ1v) is 5.82. The van der Waals surface area contributed by atoms with Gasteiger partial charge in [0.25, 0.3) is 0 Å². The van der Waals surface area contributed by atoms with Crippen LogP contribution in [0.1, 0.15) is 16.7 Å². The van der Waals surface area contributed by atoms with Crippen molar-refractivity contribution in [3.8, 4) is 11.3 Å². The zero-order valence-corrected chi connectivity index (χ0v) is 10.9. The Morgan fingerprint density at radius 2 is 2.00 bits per heavy atom. The molecule has 1 aromatic carbocycles. The molecule has 3 nitrogen and oxygen atoms in total. The molecule has 0 aliphatic carbocycles. The van der Waals surface area contributed by atoms with E-state index >= 15 is 0 Å². The fourth-order valence-electron chi connectivity index (χ4n) is 2.01. The number of H-pyrrole nitrogens is 1. The lowest BCUT2D eigenvalue weighted by atomic mass is 10.0. The minimum absolute atomic E-state index is 0.902. The van der Waals surface area contributed by atoms with Gasteiger partial charge in [-0.3, -0.25) is 5.10 Å². The molecule has 0 amide bonds. The van der Waals surface area contributed by atoms with Gasteiger partial charge in [-0.05, 0) is 39.6 Å². The van der Waals surface area contributed by atoms with Gasteiger partial charge in [0.05, 0.1) is 11.9 Å². The van der Waals surface area contributed by atoms with Crippen molar-refractivity contribution in [2.75, 3.05) is 14.1 Å². The van der Waals surface area contributed by atoms with Gasteiger partial charge in [-0.2, -0.15) is 5.10 Å². The fourth-order valence-corrected chi connectivity index (χ4v) is 2.01. The standard InChI is InChI=1S/C14H19N3/c1-10-5-6-11(2)13(7-10)14-12(8-15-16-14)9-17(3)4/h5-8H,9H2,1-4H3,(H,15,16). The molecule has 2 rings (SSSR count). The number of hydrogen-bond donors (Lipinski definition) is 1.